The largest absolute Gasteiger partial charge is 0.493 e. The van der Waals surface area contributed by atoms with Crippen LogP contribution < -0.4 is 9.47 Å². The van der Waals surface area contributed by atoms with E-state index < -0.39 is 6.10 Å². The van der Waals surface area contributed by atoms with Crippen LogP contribution in [0.4, 0.5) is 0 Å². The van der Waals surface area contributed by atoms with Gasteiger partial charge in [0.05, 0.1) is 18.6 Å². The second kappa shape index (κ2) is 8.43. The van der Waals surface area contributed by atoms with Crippen LogP contribution in [0.2, 0.25) is 0 Å². The van der Waals surface area contributed by atoms with E-state index >= 15 is 0 Å². The number of rotatable bonds is 3. The molecule has 6 rings (SSSR count). The Bertz CT molecular complexity index is 1110. The van der Waals surface area contributed by atoms with Gasteiger partial charge < -0.3 is 19.5 Å². The quantitative estimate of drug-likeness (QED) is 0.710. The highest BCUT2D eigenvalue weighted by molar-refractivity contribution is 5.94. The lowest BCUT2D eigenvalue weighted by Gasteiger charge is -2.39. The third kappa shape index (κ3) is 3.43. The molecule has 1 amide bonds. The maximum atomic E-state index is 12.9. The van der Waals surface area contributed by atoms with Crippen LogP contribution in [0.3, 0.4) is 0 Å². The molecule has 6 nitrogen and oxygen atoms in total. The zero-order chi connectivity index (χ0) is 23.3. The van der Waals surface area contributed by atoms with Crippen LogP contribution in [0.25, 0.3) is 0 Å². The summed E-state index contributed by atoms with van der Waals surface area (Å²) in [5, 5.41) is 10.3. The number of piperidine rings is 1. The Balaban J connectivity index is 1.24. The summed E-state index contributed by atoms with van der Waals surface area (Å²) in [6.07, 6.45) is 7.14. The number of nitrogens with zero attached hydrogens (tertiary/aromatic N) is 2. The predicted octanol–water partition coefficient (Wildman–Crippen LogP) is 3.53. The van der Waals surface area contributed by atoms with E-state index in [-0.39, 0.29) is 17.4 Å². The van der Waals surface area contributed by atoms with Gasteiger partial charge in [-0.05, 0) is 43.0 Å². The molecule has 1 N–H and O–H groups in total. The van der Waals surface area contributed by atoms with Gasteiger partial charge in [-0.3, -0.25) is 9.69 Å². The Kier molecular flexibility index (Phi) is 5.38. The lowest BCUT2D eigenvalue weighted by Crippen LogP contribution is -2.47. The molecule has 0 saturated carbocycles. The van der Waals surface area contributed by atoms with E-state index in [1.807, 2.05) is 47.4 Å². The molecule has 2 aromatic carbocycles. The van der Waals surface area contributed by atoms with Crippen molar-refractivity contribution in [1.82, 2.24) is 9.80 Å². The van der Waals surface area contributed by atoms with Gasteiger partial charge in [-0.1, -0.05) is 36.4 Å². The number of likely N-dealkylation sites (tertiary alicyclic amines) is 1. The van der Waals surface area contributed by atoms with Crippen molar-refractivity contribution in [1.29, 1.82) is 0 Å². The average molecular weight is 461 g/mol. The second-order valence-corrected chi connectivity index (χ2v) is 10.0. The van der Waals surface area contributed by atoms with Gasteiger partial charge >= 0.3 is 0 Å². The second-order valence-electron chi connectivity index (χ2n) is 10.0. The van der Waals surface area contributed by atoms with E-state index in [4.69, 9.17) is 9.47 Å². The summed E-state index contributed by atoms with van der Waals surface area (Å²) < 4.78 is 12.1. The number of carbonyl (C=O) groups excluding carboxylic acids is 1. The van der Waals surface area contributed by atoms with Crippen LogP contribution in [0.15, 0.2) is 54.6 Å². The molecule has 3 atom stereocenters. The molecule has 4 aliphatic rings. The first-order valence-corrected chi connectivity index (χ1v) is 12.4. The molecule has 6 heteroatoms. The molecule has 1 saturated heterocycles. The van der Waals surface area contributed by atoms with Crippen molar-refractivity contribution in [2.45, 2.75) is 55.9 Å². The number of ether oxygens (including phenoxy) is 2. The molecule has 1 aliphatic carbocycles. The first-order chi connectivity index (χ1) is 16.6. The Morgan fingerprint density at radius 1 is 1.12 bits per heavy atom. The molecule has 0 bridgehead atoms. The van der Waals surface area contributed by atoms with E-state index in [1.165, 1.54) is 11.1 Å². The first-order valence-electron chi connectivity index (χ1n) is 12.4. The molecule has 34 heavy (non-hydrogen) atoms. The number of benzene rings is 2. The molecule has 178 valence electrons. The molecule has 2 aromatic rings. The summed E-state index contributed by atoms with van der Waals surface area (Å²) in [6.45, 7) is 3.42. The monoisotopic (exact) mass is 460 g/mol. The molecule has 1 spiro atoms. The molecule has 0 radical (unpaired) electrons. The molecule has 0 aromatic heterocycles. The molecule has 3 aliphatic heterocycles. The molecular formula is C28H32N2O4. The van der Waals surface area contributed by atoms with Crippen LogP contribution in [0.5, 0.6) is 11.5 Å². The van der Waals surface area contributed by atoms with Crippen LogP contribution >= 0.6 is 0 Å². The molecule has 3 heterocycles. The van der Waals surface area contributed by atoms with E-state index in [1.54, 1.807) is 7.11 Å². The minimum Gasteiger partial charge on any atom is -0.493 e. The van der Waals surface area contributed by atoms with Gasteiger partial charge in [-0.15, -0.1) is 0 Å². The van der Waals surface area contributed by atoms with Gasteiger partial charge in [0.15, 0.2) is 11.5 Å². The third-order valence-corrected chi connectivity index (χ3v) is 8.27. The van der Waals surface area contributed by atoms with Gasteiger partial charge in [-0.2, -0.15) is 0 Å². The molecule has 1 fully saturated rings. The van der Waals surface area contributed by atoms with Crippen molar-refractivity contribution in [3.05, 3.63) is 71.3 Å². The van der Waals surface area contributed by atoms with Crippen molar-refractivity contribution in [2.24, 2.45) is 0 Å². The maximum Gasteiger partial charge on any atom is 0.253 e. The fourth-order valence-electron chi connectivity index (χ4n) is 6.47. The van der Waals surface area contributed by atoms with Gasteiger partial charge in [0.25, 0.3) is 5.91 Å². The zero-order valence-corrected chi connectivity index (χ0v) is 19.7. The fourth-order valence-corrected chi connectivity index (χ4v) is 6.47. The van der Waals surface area contributed by atoms with Crippen LogP contribution in [-0.2, 0) is 12.0 Å². The van der Waals surface area contributed by atoms with Gasteiger partial charge in [0.1, 0.15) is 6.10 Å². The summed E-state index contributed by atoms with van der Waals surface area (Å²) >= 11 is 0. The molecule has 0 unspecified atom stereocenters. The molecular weight excluding hydrogens is 428 g/mol. The topological polar surface area (TPSA) is 62.2 Å². The Labute approximate surface area is 200 Å². The lowest BCUT2D eigenvalue weighted by atomic mass is 9.69. The Morgan fingerprint density at radius 2 is 1.91 bits per heavy atom. The maximum absolute atomic E-state index is 12.9. The van der Waals surface area contributed by atoms with E-state index in [0.29, 0.717) is 12.5 Å². The summed E-state index contributed by atoms with van der Waals surface area (Å²) in [7, 11) is 1.69. The van der Waals surface area contributed by atoms with E-state index in [0.717, 1.165) is 62.5 Å². The van der Waals surface area contributed by atoms with Crippen molar-refractivity contribution < 1.29 is 19.4 Å². The third-order valence-electron chi connectivity index (χ3n) is 8.27. The minimum absolute atomic E-state index is 0.0668. The van der Waals surface area contributed by atoms with Gasteiger partial charge in [0.2, 0.25) is 0 Å². The van der Waals surface area contributed by atoms with E-state index in [2.05, 4.69) is 17.0 Å². The minimum atomic E-state index is -0.467. The number of aliphatic hydroxyl groups excluding tert-OH is 1. The lowest BCUT2D eigenvalue weighted by molar-refractivity contribution is 0.0561. The van der Waals surface area contributed by atoms with Crippen LogP contribution in [0.1, 0.15) is 47.2 Å². The number of hydrogen-bond donors (Lipinski definition) is 1. The van der Waals surface area contributed by atoms with Crippen molar-refractivity contribution in [3.63, 3.8) is 0 Å². The zero-order valence-electron chi connectivity index (χ0n) is 19.7. The number of amides is 1. The predicted molar refractivity (Wildman–Crippen MR) is 129 cm³/mol. The Hall–Kier alpha value is -2.83. The summed E-state index contributed by atoms with van der Waals surface area (Å²) in [5.41, 5.74) is 3.10. The number of carbonyl (C=O) groups is 1. The Morgan fingerprint density at radius 3 is 2.68 bits per heavy atom. The van der Waals surface area contributed by atoms with Crippen LogP contribution in [0, 0.1) is 0 Å². The van der Waals surface area contributed by atoms with Crippen molar-refractivity contribution in [2.75, 3.05) is 26.7 Å². The van der Waals surface area contributed by atoms with E-state index in [9.17, 15) is 9.90 Å². The summed E-state index contributed by atoms with van der Waals surface area (Å²) in [6, 6.07) is 14.3. The SMILES string of the molecule is COc1ccc2c3c1O[C@H]1C[C@@H](O)C=C[C@@]31CCN(C1CCN(C(=O)c3ccccc3)CC1)C2. The highest BCUT2D eigenvalue weighted by atomic mass is 16.5. The van der Waals surface area contributed by atoms with Gasteiger partial charge in [0, 0.05) is 49.8 Å². The van der Waals surface area contributed by atoms with Crippen molar-refractivity contribution >= 4 is 5.91 Å². The standard InChI is InChI=1S/C28H32N2O4/c1-33-23-8-7-20-18-30(16-13-28-12-9-22(31)17-24(28)34-26(23)25(20)28)21-10-14-29(15-11-21)27(32)19-5-3-2-4-6-19/h2-9,12,21-22,24,31H,10-11,13-18H2,1H3/t22-,24-,28-/m0/s1. The smallest absolute Gasteiger partial charge is 0.253 e. The number of hydrogen-bond acceptors (Lipinski definition) is 5. The van der Waals surface area contributed by atoms with Crippen LogP contribution in [-0.4, -0.2) is 65.8 Å². The van der Waals surface area contributed by atoms with Crippen molar-refractivity contribution in [3.8, 4) is 11.5 Å². The summed E-state index contributed by atoms with van der Waals surface area (Å²) in [5.74, 6) is 1.77. The summed E-state index contributed by atoms with van der Waals surface area (Å²) in [4.78, 5) is 17.5. The van der Waals surface area contributed by atoms with Gasteiger partial charge in [-0.25, -0.2) is 0 Å². The normalized spacial score (nSPS) is 28.6. The highest BCUT2D eigenvalue weighted by Gasteiger charge is 2.53. The average Bonchev–Trinajstić information content (AvgIpc) is 3.11. The fraction of sp³-hybridized carbons (Fsp3) is 0.464. The number of aliphatic hydroxyl groups is 1. The highest BCUT2D eigenvalue weighted by Crippen LogP contribution is 2.56. The first kappa shape index (κ1) is 21.7. The number of methoxy groups -OCH3 is 1.